The Bertz CT molecular complexity index is 570. The Morgan fingerprint density at radius 3 is 2.37 bits per heavy atom. The van der Waals surface area contributed by atoms with E-state index in [4.69, 9.17) is 15.9 Å². The predicted molar refractivity (Wildman–Crippen MR) is 68.4 cm³/mol. The van der Waals surface area contributed by atoms with Gasteiger partial charge in [0, 0.05) is 5.69 Å². The number of rotatable bonds is 5. The number of aliphatic hydroxyl groups is 2. The molecule has 5 N–H and O–H groups in total. The summed E-state index contributed by atoms with van der Waals surface area (Å²) in [5.74, 6) is -0.947. The molecule has 0 fully saturated rings. The zero-order valence-electron chi connectivity index (χ0n) is 10.6. The molecule has 6 nitrogen and oxygen atoms in total. The molecule has 108 valence electrons. The van der Waals surface area contributed by atoms with Gasteiger partial charge in [-0.3, -0.25) is 0 Å². The van der Waals surface area contributed by atoms with Gasteiger partial charge in [-0.25, -0.2) is 17.5 Å². The van der Waals surface area contributed by atoms with Crippen LogP contribution in [0.2, 0.25) is 0 Å². The number of nitrogens with one attached hydrogen (secondary N) is 1. The van der Waals surface area contributed by atoms with Gasteiger partial charge < -0.3 is 15.9 Å². The lowest BCUT2D eigenvalue weighted by Gasteiger charge is -2.26. The minimum Gasteiger partial charge on any atom is -0.398 e. The van der Waals surface area contributed by atoms with Gasteiger partial charge in [-0.2, -0.15) is 0 Å². The van der Waals surface area contributed by atoms with Crippen molar-refractivity contribution in [2.75, 3.05) is 18.9 Å². The Balaban J connectivity index is 3.25. The molecule has 0 aliphatic rings. The molecule has 0 heterocycles. The van der Waals surface area contributed by atoms with E-state index in [0.29, 0.717) is 5.56 Å². The van der Waals surface area contributed by atoms with Crippen molar-refractivity contribution in [3.8, 4) is 0 Å². The van der Waals surface area contributed by atoms with Crippen LogP contribution in [0.15, 0.2) is 17.0 Å². The minimum absolute atomic E-state index is 0.136. The zero-order valence-corrected chi connectivity index (χ0v) is 11.5. The summed E-state index contributed by atoms with van der Waals surface area (Å²) in [5, 5.41) is 18.1. The van der Waals surface area contributed by atoms with E-state index >= 15 is 0 Å². The number of aryl methyl sites for hydroxylation is 1. The van der Waals surface area contributed by atoms with Crippen molar-refractivity contribution in [3.05, 3.63) is 23.5 Å². The van der Waals surface area contributed by atoms with Crippen LogP contribution in [0.1, 0.15) is 12.5 Å². The Kier molecular flexibility index (Phi) is 4.51. The summed E-state index contributed by atoms with van der Waals surface area (Å²) >= 11 is 0. The number of hydrogen-bond donors (Lipinski definition) is 4. The molecule has 0 saturated carbocycles. The van der Waals surface area contributed by atoms with Crippen molar-refractivity contribution < 1.29 is 23.0 Å². The van der Waals surface area contributed by atoms with Gasteiger partial charge in [0.2, 0.25) is 10.0 Å². The molecule has 0 aliphatic carbocycles. The van der Waals surface area contributed by atoms with Crippen LogP contribution in [0.25, 0.3) is 0 Å². The van der Waals surface area contributed by atoms with Crippen LogP contribution in [-0.4, -0.2) is 37.4 Å². The van der Waals surface area contributed by atoms with Crippen molar-refractivity contribution in [2.45, 2.75) is 24.3 Å². The van der Waals surface area contributed by atoms with E-state index in [9.17, 15) is 12.8 Å². The topological polar surface area (TPSA) is 113 Å². The number of nitrogen functional groups attached to an aromatic ring is 1. The zero-order chi connectivity index (χ0) is 14.8. The van der Waals surface area contributed by atoms with Crippen LogP contribution < -0.4 is 10.5 Å². The first kappa shape index (κ1) is 15.8. The van der Waals surface area contributed by atoms with E-state index in [0.717, 1.165) is 12.1 Å². The third kappa shape index (κ3) is 3.41. The van der Waals surface area contributed by atoms with Crippen LogP contribution in [0.4, 0.5) is 10.1 Å². The molecule has 8 heteroatoms. The first-order valence-corrected chi connectivity index (χ1v) is 6.95. The maximum Gasteiger partial charge on any atom is 0.244 e. The standard InChI is InChI=1S/C11H17FN2O4S/c1-7-3-8(12)10(4-9(7)13)19(17,18)14-11(2,5-15)6-16/h3-4,14-16H,5-6,13H2,1-2H3. The number of hydrogen-bond acceptors (Lipinski definition) is 5. The molecular formula is C11H17FN2O4S. The van der Waals surface area contributed by atoms with E-state index in [-0.39, 0.29) is 5.69 Å². The van der Waals surface area contributed by atoms with Gasteiger partial charge in [0.25, 0.3) is 0 Å². The number of anilines is 1. The third-order valence-corrected chi connectivity index (χ3v) is 4.34. The number of halogens is 1. The van der Waals surface area contributed by atoms with E-state index in [1.165, 1.54) is 6.92 Å². The maximum absolute atomic E-state index is 13.7. The lowest BCUT2D eigenvalue weighted by molar-refractivity contribution is 0.121. The van der Waals surface area contributed by atoms with E-state index < -0.39 is 39.5 Å². The van der Waals surface area contributed by atoms with E-state index in [2.05, 4.69) is 0 Å². The van der Waals surface area contributed by atoms with Crippen LogP contribution in [0.3, 0.4) is 0 Å². The average molecular weight is 292 g/mol. The highest BCUT2D eigenvalue weighted by atomic mass is 32.2. The summed E-state index contributed by atoms with van der Waals surface area (Å²) in [5.41, 5.74) is 4.63. The summed E-state index contributed by atoms with van der Waals surface area (Å²) < 4.78 is 39.8. The smallest absolute Gasteiger partial charge is 0.244 e. The second-order valence-electron chi connectivity index (χ2n) is 4.62. The fourth-order valence-electron chi connectivity index (χ4n) is 1.37. The molecule has 1 aromatic carbocycles. The van der Waals surface area contributed by atoms with Crippen molar-refractivity contribution in [1.29, 1.82) is 0 Å². The molecule has 0 amide bonds. The number of nitrogens with two attached hydrogens (primary N) is 1. The van der Waals surface area contributed by atoms with Gasteiger partial charge in [0.15, 0.2) is 0 Å². The summed E-state index contributed by atoms with van der Waals surface area (Å²) in [6.07, 6.45) is 0. The minimum atomic E-state index is -4.24. The number of sulfonamides is 1. The van der Waals surface area contributed by atoms with Gasteiger partial charge in [-0.1, -0.05) is 0 Å². The maximum atomic E-state index is 13.7. The summed E-state index contributed by atoms with van der Waals surface area (Å²) in [7, 11) is -4.24. The van der Waals surface area contributed by atoms with Crippen LogP contribution in [0, 0.1) is 12.7 Å². The molecule has 0 spiro atoms. The fraction of sp³-hybridized carbons (Fsp3) is 0.455. The molecule has 1 aromatic rings. The highest BCUT2D eigenvalue weighted by molar-refractivity contribution is 7.89. The molecule has 0 unspecified atom stereocenters. The highest BCUT2D eigenvalue weighted by Crippen LogP contribution is 2.22. The average Bonchev–Trinajstić information content (AvgIpc) is 2.33. The second kappa shape index (κ2) is 5.41. The van der Waals surface area contributed by atoms with E-state index in [1.807, 2.05) is 4.72 Å². The summed E-state index contributed by atoms with van der Waals surface area (Å²) in [6, 6.07) is 2.02. The molecular weight excluding hydrogens is 275 g/mol. The van der Waals surface area contributed by atoms with Crippen molar-refractivity contribution in [2.24, 2.45) is 0 Å². The second-order valence-corrected chi connectivity index (χ2v) is 6.27. The molecule has 1 rings (SSSR count). The largest absolute Gasteiger partial charge is 0.398 e. The van der Waals surface area contributed by atoms with Crippen LogP contribution in [0.5, 0.6) is 0 Å². The van der Waals surface area contributed by atoms with Gasteiger partial charge in [-0.05, 0) is 31.5 Å². The van der Waals surface area contributed by atoms with E-state index in [1.54, 1.807) is 6.92 Å². The Hall–Kier alpha value is -1.22. The molecule has 0 radical (unpaired) electrons. The first-order valence-electron chi connectivity index (χ1n) is 5.46. The quantitative estimate of drug-likeness (QED) is 0.558. The predicted octanol–water partition coefficient (Wildman–Crippen LogP) is -0.262. The number of benzene rings is 1. The van der Waals surface area contributed by atoms with Crippen molar-refractivity contribution in [1.82, 2.24) is 4.72 Å². The summed E-state index contributed by atoms with van der Waals surface area (Å²) in [6.45, 7) is 1.57. The first-order chi connectivity index (χ1) is 8.65. The van der Waals surface area contributed by atoms with Gasteiger partial charge >= 0.3 is 0 Å². The molecule has 0 bridgehead atoms. The SMILES string of the molecule is Cc1cc(F)c(S(=O)(=O)NC(C)(CO)CO)cc1N. The molecule has 0 aliphatic heterocycles. The van der Waals surface area contributed by atoms with Crippen molar-refractivity contribution >= 4 is 15.7 Å². The Morgan fingerprint density at radius 2 is 1.89 bits per heavy atom. The van der Waals surface area contributed by atoms with Crippen LogP contribution >= 0.6 is 0 Å². The fourth-order valence-corrected chi connectivity index (χ4v) is 2.85. The van der Waals surface area contributed by atoms with Crippen LogP contribution in [-0.2, 0) is 10.0 Å². The summed E-state index contributed by atoms with van der Waals surface area (Å²) in [4.78, 5) is -0.622. The lowest BCUT2D eigenvalue weighted by Crippen LogP contribution is -2.51. The Labute approximate surface area is 111 Å². The lowest BCUT2D eigenvalue weighted by atomic mass is 10.1. The number of aliphatic hydroxyl groups excluding tert-OH is 2. The van der Waals surface area contributed by atoms with Gasteiger partial charge in [0.05, 0.1) is 18.8 Å². The Morgan fingerprint density at radius 1 is 1.37 bits per heavy atom. The molecule has 19 heavy (non-hydrogen) atoms. The monoisotopic (exact) mass is 292 g/mol. The van der Waals surface area contributed by atoms with Gasteiger partial charge in [-0.15, -0.1) is 0 Å². The molecule has 0 aromatic heterocycles. The van der Waals surface area contributed by atoms with Gasteiger partial charge in [0.1, 0.15) is 10.7 Å². The van der Waals surface area contributed by atoms with Crippen molar-refractivity contribution in [3.63, 3.8) is 0 Å². The molecule has 0 atom stereocenters. The normalized spacial score (nSPS) is 12.7. The molecule has 0 saturated heterocycles. The highest BCUT2D eigenvalue weighted by Gasteiger charge is 2.31. The third-order valence-electron chi connectivity index (χ3n) is 2.69.